The van der Waals surface area contributed by atoms with Crippen LogP contribution in [-0.4, -0.2) is 57.0 Å². The minimum absolute atomic E-state index is 0.0431. The first-order valence-electron chi connectivity index (χ1n) is 8.60. The van der Waals surface area contributed by atoms with Crippen LogP contribution in [0.2, 0.25) is 0 Å². The fraction of sp³-hybridized carbons (Fsp3) is 0.353. The number of sulfonamides is 1. The molecule has 3 atom stereocenters. The molecule has 1 saturated heterocycles. The Morgan fingerprint density at radius 1 is 1.25 bits per heavy atom. The second-order valence-electron chi connectivity index (χ2n) is 6.58. The van der Waals surface area contributed by atoms with Gasteiger partial charge in [-0.2, -0.15) is 0 Å². The van der Waals surface area contributed by atoms with Crippen LogP contribution in [0.4, 0.5) is 5.82 Å². The summed E-state index contributed by atoms with van der Waals surface area (Å²) in [6.45, 7) is 1.56. The molecule has 0 aliphatic carbocycles. The van der Waals surface area contributed by atoms with Crippen LogP contribution >= 0.6 is 0 Å². The summed E-state index contributed by atoms with van der Waals surface area (Å²) in [5.41, 5.74) is 1.55. The number of rotatable bonds is 5. The molecule has 28 heavy (non-hydrogen) atoms. The summed E-state index contributed by atoms with van der Waals surface area (Å²) < 4.78 is 35.0. The summed E-state index contributed by atoms with van der Waals surface area (Å²) in [5.74, 6) is 0.0431. The van der Waals surface area contributed by atoms with E-state index in [-0.39, 0.29) is 29.3 Å². The Labute approximate surface area is 160 Å². The smallest absolute Gasteiger partial charge is 0.263 e. The minimum Gasteiger partial charge on any atom is -0.394 e. The van der Waals surface area contributed by atoms with Crippen molar-refractivity contribution in [2.75, 3.05) is 11.3 Å². The Morgan fingerprint density at radius 3 is 2.68 bits per heavy atom. The molecule has 3 aromatic rings. The van der Waals surface area contributed by atoms with E-state index in [0.29, 0.717) is 5.65 Å². The Hall–Kier alpha value is -2.60. The molecule has 1 aliphatic heterocycles. The number of aryl methyl sites for hydroxylation is 1. The van der Waals surface area contributed by atoms with Crippen molar-refractivity contribution in [1.29, 1.82) is 0 Å². The van der Waals surface area contributed by atoms with Crippen LogP contribution in [0.15, 0.2) is 41.8 Å². The fourth-order valence-electron chi connectivity index (χ4n) is 3.09. The third-order valence-corrected chi connectivity index (χ3v) is 5.97. The highest BCUT2D eigenvalue weighted by Crippen LogP contribution is 2.31. The van der Waals surface area contributed by atoms with Gasteiger partial charge in [-0.3, -0.25) is 9.29 Å². The Bertz CT molecular complexity index is 1100. The van der Waals surface area contributed by atoms with Crippen LogP contribution in [0.25, 0.3) is 11.2 Å². The molecule has 2 aromatic heterocycles. The van der Waals surface area contributed by atoms with Gasteiger partial charge in [0.05, 0.1) is 23.9 Å². The summed E-state index contributed by atoms with van der Waals surface area (Å²) in [4.78, 5) is 12.5. The predicted molar refractivity (Wildman–Crippen MR) is 98.9 cm³/mol. The Balaban J connectivity index is 1.66. The largest absolute Gasteiger partial charge is 0.394 e. The highest BCUT2D eigenvalue weighted by atomic mass is 32.2. The first-order valence-corrected chi connectivity index (χ1v) is 10.1. The van der Waals surface area contributed by atoms with Gasteiger partial charge in [-0.1, -0.05) is 17.7 Å². The zero-order chi connectivity index (χ0) is 19.9. The molecular formula is C17H19N5O5S. The van der Waals surface area contributed by atoms with E-state index in [2.05, 4.69) is 19.7 Å². The predicted octanol–water partition coefficient (Wildman–Crippen LogP) is 0.576. The zero-order valence-electron chi connectivity index (χ0n) is 14.9. The van der Waals surface area contributed by atoms with Crippen molar-refractivity contribution in [3.8, 4) is 0 Å². The summed E-state index contributed by atoms with van der Waals surface area (Å²) in [6, 6.07) is 6.44. The maximum Gasteiger partial charge on any atom is 0.263 e. The number of benzene rings is 1. The lowest BCUT2D eigenvalue weighted by Gasteiger charge is -2.13. The van der Waals surface area contributed by atoms with E-state index >= 15 is 0 Å². The lowest BCUT2D eigenvalue weighted by atomic mass is 10.2. The van der Waals surface area contributed by atoms with Gasteiger partial charge in [0, 0.05) is 6.42 Å². The molecule has 1 aromatic carbocycles. The highest BCUT2D eigenvalue weighted by molar-refractivity contribution is 7.92. The molecule has 0 amide bonds. The molecule has 0 unspecified atom stereocenters. The second-order valence-corrected chi connectivity index (χ2v) is 8.26. The quantitative estimate of drug-likeness (QED) is 0.560. The number of hydrogen-bond acceptors (Lipinski definition) is 8. The fourth-order valence-corrected chi connectivity index (χ4v) is 4.11. The van der Waals surface area contributed by atoms with Crippen LogP contribution in [0.1, 0.15) is 18.2 Å². The Morgan fingerprint density at radius 2 is 2.00 bits per heavy atom. The topological polar surface area (TPSA) is 139 Å². The van der Waals surface area contributed by atoms with E-state index in [1.54, 1.807) is 16.7 Å². The molecule has 1 aliphatic rings. The van der Waals surface area contributed by atoms with Crippen LogP contribution in [0.5, 0.6) is 0 Å². The normalized spacial score (nSPS) is 22.6. The molecule has 0 bridgehead atoms. The van der Waals surface area contributed by atoms with Gasteiger partial charge in [0.15, 0.2) is 17.0 Å². The molecule has 4 rings (SSSR count). The molecule has 11 heteroatoms. The van der Waals surface area contributed by atoms with Crippen LogP contribution < -0.4 is 4.72 Å². The standard InChI is InChI=1S/C17H19N5O5S/c1-10-2-4-11(5-3-10)28(25,26)21-16-15-17(19-8-18-16)22(9-20-15)14-6-12(24)13(7-23)27-14/h2-5,8-9,12-14,23-24H,6-7H2,1H3,(H,18,19,21)/t12-,13+,14+/m0/s1. The number of imidazole rings is 1. The van der Waals surface area contributed by atoms with Crippen molar-refractivity contribution in [2.24, 2.45) is 0 Å². The number of aromatic nitrogens is 4. The number of aliphatic hydroxyl groups excluding tert-OH is 2. The number of aliphatic hydroxyl groups is 2. The molecule has 148 valence electrons. The van der Waals surface area contributed by atoms with Gasteiger partial charge in [0.1, 0.15) is 18.7 Å². The monoisotopic (exact) mass is 405 g/mol. The maximum absolute atomic E-state index is 12.7. The van der Waals surface area contributed by atoms with Crippen molar-refractivity contribution >= 4 is 27.0 Å². The lowest BCUT2D eigenvalue weighted by molar-refractivity contribution is -0.0432. The molecule has 0 radical (unpaired) electrons. The van der Waals surface area contributed by atoms with Gasteiger partial charge < -0.3 is 14.9 Å². The summed E-state index contributed by atoms with van der Waals surface area (Å²) >= 11 is 0. The molecule has 10 nitrogen and oxygen atoms in total. The molecule has 3 N–H and O–H groups in total. The van der Waals surface area contributed by atoms with Crippen molar-refractivity contribution in [2.45, 2.75) is 36.7 Å². The first kappa shape index (κ1) is 18.7. The third kappa shape index (κ3) is 3.33. The van der Waals surface area contributed by atoms with Gasteiger partial charge in [0.2, 0.25) is 0 Å². The number of hydrogen-bond donors (Lipinski definition) is 3. The molecule has 3 heterocycles. The Kier molecular flexibility index (Phi) is 4.75. The van der Waals surface area contributed by atoms with Gasteiger partial charge in [-0.05, 0) is 19.1 Å². The molecular weight excluding hydrogens is 386 g/mol. The number of nitrogens with one attached hydrogen (secondary N) is 1. The average Bonchev–Trinajstić information content (AvgIpc) is 3.25. The number of nitrogens with zero attached hydrogens (tertiary/aromatic N) is 4. The summed E-state index contributed by atoms with van der Waals surface area (Å²) in [5, 5.41) is 19.2. The van der Waals surface area contributed by atoms with Crippen molar-refractivity contribution in [3.63, 3.8) is 0 Å². The second kappa shape index (κ2) is 7.09. The van der Waals surface area contributed by atoms with Gasteiger partial charge in [0.25, 0.3) is 10.0 Å². The van der Waals surface area contributed by atoms with Gasteiger partial charge in [-0.25, -0.2) is 23.4 Å². The van der Waals surface area contributed by atoms with E-state index in [1.165, 1.54) is 24.8 Å². The van der Waals surface area contributed by atoms with Crippen molar-refractivity contribution in [3.05, 3.63) is 42.5 Å². The van der Waals surface area contributed by atoms with Crippen molar-refractivity contribution < 1.29 is 23.4 Å². The SMILES string of the molecule is Cc1ccc(S(=O)(=O)Nc2ncnc3c2ncn3[C@H]2C[C@H](O)[C@@H](CO)O2)cc1. The van der Waals surface area contributed by atoms with Gasteiger partial charge in [-0.15, -0.1) is 0 Å². The third-order valence-electron chi connectivity index (χ3n) is 4.62. The summed E-state index contributed by atoms with van der Waals surface area (Å²) in [6.07, 6.45) is 0.847. The van der Waals surface area contributed by atoms with Crippen molar-refractivity contribution in [1.82, 2.24) is 19.5 Å². The van der Waals surface area contributed by atoms with Gasteiger partial charge >= 0.3 is 0 Å². The highest BCUT2D eigenvalue weighted by Gasteiger charge is 2.35. The zero-order valence-corrected chi connectivity index (χ0v) is 15.7. The van der Waals surface area contributed by atoms with E-state index < -0.39 is 28.5 Å². The van der Waals surface area contributed by atoms with E-state index in [0.717, 1.165) is 5.56 Å². The van der Waals surface area contributed by atoms with E-state index in [4.69, 9.17) is 4.74 Å². The van der Waals surface area contributed by atoms with Crippen LogP contribution in [-0.2, 0) is 14.8 Å². The van der Waals surface area contributed by atoms with Crippen LogP contribution in [0, 0.1) is 6.92 Å². The number of fused-ring (bicyclic) bond motifs is 1. The number of ether oxygens (including phenoxy) is 1. The average molecular weight is 405 g/mol. The van der Waals surface area contributed by atoms with Crippen LogP contribution in [0.3, 0.4) is 0 Å². The minimum atomic E-state index is -3.85. The number of anilines is 1. The van der Waals surface area contributed by atoms with E-state index in [1.807, 2.05) is 6.92 Å². The lowest BCUT2D eigenvalue weighted by Crippen LogP contribution is -2.24. The summed E-state index contributed by atoms with van der Waals surface area (Å²) in [7, 11) is -3.85. The molecule has 1 fully saturated rings. The molecule has 0 saturated carbocycles. The first-order chi connectivity index (χ1) is 13.4. The van der Waals surface area contributed by atoms with E-state index in [9.17, 15) is 18.6 Å². The molecule has 0 spiro atoms. The maximum atomic E-state index is 12.7.